The summed E-state index contributed by atoms with van der Waals surface area (Å²) in [5, 5.41) is 26.1. The molecule has 0 fully saturated rings. The second kappa shape index (κ2) is 8.47. The number of anilines is 1. The number of phenolic OH excluding ortho intramolecular Hbond substituents is 1. The first-order valence-electron chi connectivity index (χ1n) is 10.6. The van der Waals surface area contributed by atoms with E-state index in [1.54, 1.807) is 18.3 Å². The predicted octanol–water partition coefficient (Wildman–Crippen LogP) is 3.23. The number of carbonyl (C=O) groups is 1. The number of carbonyl (C=O) groups excluding carboxylic acids is 1. The second-order valence-corrected chi connectivity index (χ2v) is 7.85. The monoisotopic (exact) mass is 458 g/mol. The van der Waals surface area contributed by atoms with Gasteiger partial charge in [-0.1, -0.05) is 30.3 Å². The van der Waals surface area contributed by atoms with E-state index < -0.39 is 0 Å². The third kappa shape index (κ3) is 3.58. The van der Waals surface area contributed by atoms with Crippen LogP contribution in [0.5, 0.6) is 17.2 Å². The van der Waals surface area contributed by atoms with Crippen molar-refractivity contribution in [2.75, 3.05) is 19.5 Å². The van der Waals surface area contributed by atoms with Crippen LogP contribution in [0, 0.1) is 6.92 Å². The van der Waals surface area contributed by atoms with Gasteiger partial charge in [-0.2, -0.15) is 14.9 Å². The van der Waals surface area contributed by atoms with Gasteiger partial charge in [0.15, 0.2) is 11.5 Å². The third-order valence-corrected chi connectivity index (χ3v) is 5.81. The number of nitrogens with zero attached hydrogens (tertiary/aromatic N) is 5. The highest BCUT2D eigenvalue weighted by molar-refractivity contribution is 5.95. The molecule has 1 aliphatic rings. The molecule has 0 unspecified atom stereocenters. The molecule has 2 aromatic heterocycles. The molecule has 1 atom stereocenters. The number of rotatable bonds is 5. The lowest BCUT2D eigenvalue weighted by Crippen LogP contribution is -2.25. The molecule has 1 aliphatic heterocycles. The Labute approximate surface area is 195 Å². The molecule has 0 radical (unpaired) electrons. The lowest BCUT2D eigenvalue weighted by molar-refractivity contribution is -0.116. The van der Waals surface area contributed by atoms with Crippen molar-refractivity contribution >= 4 is 11.7 Å². The highest BCUT2D eigenvalue weighted by Gasteiger charge is 2.34. The fourth-order valence-electron chi connectivity index (χ4n) is 4.22. The predicted molar refractivity (Wildman–Crippen MR) is 123 cm³/mol. The SMILES string of the molecule is COc1cc([C@H]2CC(=O)Nc3c2c(C)nn3-c2nncc(-c3ccccc3)n2)cc(OC)c1O. The van der Waals surface area contributed by atoms with Gasteiger partial charge in [-0.15, -0.1) is 5.10 Å². The van der Waals surface area contributed by atoms with Gasteiger partial charge in [0, 0.05) is 23.5 Å². The Morgan fingerprint density at radius 1 is 1.12 bits per heavy atom. The van der Waals surface area contributed by atoms with E-state index in [1.807, 2.05) is 37.3 Å². The van der Waals surface area contributed by atoms with Gasteiger partial charge in [0.05, 0.1) is 31.8 Å². The van der Waals surface area contributed by atoms with Gasteiger partial charge in [-0.05, 0) is 24.6 Å². The van der Waals surface area contributed by atoms with Gasteiger partial charge in [0.1, 0.15) is 5.82 Å². The molecule has 2 aromatic carbocycles. The molecular formula is C24H22N6O4. The zero-order valence-electron chi connectivity index (χ0n) is 18.8. The maximum atomic E-state index is 12.7. The maximum Gasteiger partial charge on any atom is 0.272 e. The molecule has 3 heterocycles. The van der Waals surface area contributed by atoms with E-state index in [2.05, 4.69) is 25.6 Å². The van der Waals surface area contributed by atoms with Crippen molar-refractivity contribution in [3.05, 3.63) is 65.5 Å². The summed E-state index contributed by atoms with van der Waals surface area (Å²) in [6.07, 6.45) is 1.78. The minimum Gasteiger partial charge on any atom is -0.502 e. The summed E-state index contributed by atoms with van der Waals surface area (Å²) in [7, 11) is 2.93. The number of aromatic hydroxyl groups is 1. The number of aromatic nitrogens is 5. The highest BCUT2D eigenvalue weighted by atomic mass is 16.5. The summed E-state index contributed by atoms with van der Waals surface area (Å²) >= 11 is 0. The number of benzene rings is 2. The number of aryl methyl sites for hydroxylation is 1. The van der Waals surface area contributed by atoms with Crippen molar-refractivity contribution in [3.8, 4) is 34.5 Å². The van der Waals surface area contributed by atoms with Crippen LogP contribution in [-0.2, 0) is 4.79 Å². The highest BCUT2D eigenvalue weighted by Crippen LogP contribution is 2.45. The van der Waals surface area contributed by atoms with Gasteiger partial charge in [-0.25, -0.2) is 4.98 Å². The topological polar surface area (TPSA) is 124 Å². The van der Waals surface area contributed by atoms with Gasteiger partial charge in [0.25, 0.3) is 5.95 Å². The summed E-state index contributed by atoms with van der Waals surface area (Å²) in [5.41, 5.74) is 3.81. The van der Waals surface area contributed by atoms with Crippen LogP contribution in [0.15, 0.2) is 48.7 Å². The molecule has 5 rings (SSSR count). The molecule has 0 spiro atoms. The standard InChI is InChI=1S/C24H22N6O4/c1-13-21-16(15-9-18(33-2)22(32)19(10-15)34-3)11-20(31)27-23(21)30(29-13)24-26-17(12-25-28-24)14-7-5-4-6-8-14/h4-10,12,16,32H,11H2,1-3H3,(H,27,31)/t16-/m1/s1. The number of ether oxygens (including phenoxy) is 2. The number of phenols is 1. The van der Waals surface area contributed by atoms with E-state index >= 15 is 0 Å². The molecule has 1 amide bonds. The van der Waals surface area contributed by atoms with Crippen LogP contribution in [0.4, 0.5) is 5.82 Å². The molecule has 10 heteroatoms. The lowest BCUT2D eigenvalue weighted by Gasteiger charge is -2.25. The molecule has 2 N–H and O–H groups in total. The minimum absolute atomic E-state index is 0.0983. The van der Waals surface area contributed by atoms with Crippen LogP contribution in [0.25, 0.3) is 17.2 Å². The largest absolute Gasteiger partial charge is 0.502 e. The van der Waals surface area contributed by atoms with Crippen LogP contribution in [0.1, 0.15) is 29.2 Å². The van der Waals surface area contributed by atoms with Crippen molar-refractivity contribution < 1.29 is 19.4 Å². The normalized spacial score (nSPS) is 14.9. The number of fused-ring (bicyclic) bond motifs is 1. The molecule has 34 heavy (non-hydrogen) atoms. The molecular weight excluding hydrogens is 436 g/mol. The smallest absolute Gasteiger partial charge is 0.272 e. The van der Waals surface area contributed by atoms with Crippen molar-refractivity contribution in [1.29, 1.82) is 0 Å². The summed E-state index contributed by atoms with van der Waals surface area (Å²) < 4.78 is 12.1. The Hall–Kier alpha value is -4.47. The first-order chi connectivity index (χ1) is 16.5. The van der Waals surface area contributed by atoms with Gasteiger partial charge in [0.2, 0.25) is 11.7 Å². The van der Waals surface area contributed by atoms with Crippen LogP contribution in [0.3, 0.4) is 0 Å². The number of nitrogens with one attached hydrogen (secondary N) is 1. The summed E-state index contributed by atoms with van der Waals surface area (Å²) in [6, 6.07) is 13.0. The Bertz CT molecular complexity index is 1360. The number of hydrogen-bond donors (Lipinski definition) is 2. The average Bonchev–Trinajstić information content (AvgIpc) is 3.20. The Morgan fingerprint density at radius 2 is 1.82 bits per heavy atom. The van der Waals surface area contributed by atoms with E-state index in [0.717, 1.165) is 16.7 Å². The number of hydrogen-bond acceptors (Lipinski definition) is 8. The van der Waals surface area contributed by atoms with Crippen molar-refractivity contribution in [2.45, 2.75) is 19.3 Å². The van der Waals surface area contributed by atoms with Crippen molar-refractivity contribution in [3.63, 3.8) is 0 Å². The van der Waals surface area contributed by atoms with E-state index in [1.165, 1.54) is 18.9 Å². The van der Waals surface area contributed by atoms with Gasteiger partial charge < -0.3 is 19.9 Å². The second-order valence-electron chi connectivity index (χ2n) is 7.85. The van der Waals surface area contributed by atoms with E-state index in [4.69, 9.17) is 9.47 Å². The number of amides is 1. The van der Waals surface area contributed by atoms with E-state index in [9.17, 15) is 9.90 Å². The molecule has 10 nitrogen and oxygen atoms in total. The lowest BCUT2D eigenvalue weighted by atomic mass is 9.85. The first kappa shape index (κ1) is 21.4. The Kier molecular flexibility index (Phi) is 5.33. The summed E-state index contributed by atoms with van der Waals surface area (Å²) in [6.45, 7) is 1.86. The summed E-state index contributed by atoms with van der Waals surface area (Å²) in [5.74, 6) is 0.621. The fourth-order valence-corrected chi connectivity index (χ4v) is 4.22. The van der Waals surface area contributed by atoms with Crippen LogP contribution in [0.2, 0.25) is 0 Å². The Morgan fingerprint density at radius 3 is 2.50 bits per heavy atom. The quantitative estimate of drug-likeness (QED) is 0.467. The van der Waals surface area contributed by atoms with E-state index in [0.29, 0.717) is 17.2 Å². The molecule has 0 saturated heterocycles. The van der Waals surface area contributed by atoms with Crippen molar-refractivity contribution in [2.24, 2.45) is 0 Å². The van der Waals surface area contributed by atoms with Crippen LogP contribution >= 0.6 is 0 Å². The van der Waals surface area contributed by atoms with Gasteiger partial charge in [-0.3, -0.25) is 4.79 Å². The van der Waals surface area contributed by atoms with Gasteiger partial charge >= 0.3 is 0 Å². The fraction of sp³-hybridized carbons (Fsp3) is 0.208. The zero-order valence-corrected chi connectivity index (χ0v) is 18.8. The molecule has 172 valence electrons. The molecule has 4 aromatic rings. The Balaban J connectivity index is 1.63. The molecule has 0 saturated carbocycles. The molecule has 0 aliphatic carbocycles. The number of methoxy groups -OCH3 is 2. The van der Waals surface area contributed by atoms with Crippen LogP contribution < -0.4 is 14.8 Å². The first-order valence-corrected chi connectivity index (χ1v) is 10.6. The third-order valence-electron chi connectivity index (χ3n) is 5.81. The maximum absolute atomic E-state index is 12.7. The minimum atomic E-state index is -0.342. The summed E-state index contributed by atoms with van der Waals surface area (Å²) in [4.78, 5) is 17.4. The average molecular weight is 458 g/mol. The van der Waals surface area contributed by atoms with Crippen LogP contribution in [-0.4, -0.2) is 50.2 Å². The van der Waals surface area contributed by atoms with E-state index in [-0.39, 0.29) is 41.4 Å². The van der Waals surface area contributed by atoms with Crippen molar-refractivity contribution in [1.82, 2.24) is 25.0 Å². The molecule has 0 bridgehead atoms. The zero-order chi connectivity index (χ0) is 23.8.